The van der Waals surface area contributed by atoms with Gasteiger partial charge in [0.05, 0.1) is 18.4 Å². The van der Waals surface area contributed by atoms with Crippen LogP contribution in [-0.4, -0.2) is 50.6 Å². The summed E-state index contributed by atoms with van der Waals surface area (Å²) >= 11 is 0. The molecule has 4 rings (SSSR count). The minimum absolute atomic E-state index is 0.136. The van der Waals surface area contributed by atoms with E-state index in [0.717, 1.165) is 24.2 Å². The maximum Gasteiger partial charge on any atom is 0.227 e. The lowest BCUT2D eigenvalue weighted by Gasteiger charge is -2.35. The zero-order valence-electron chi connectivity index (χ0n) is 15.8. The van der Waals surface area contributed by atoms with Gasteiger partial charge in [0, 0.05) is 24.8 Å². The highest BCUT2D eigenvalue weighted by atomic mass is 16.5. The standard InChI is InChI=1S/C20H22N6O2/c1-13-11-26(12-14(2)28-13)20-21-8-7-18(24-20)23-19-9-16(10-22-25-19)15-3-5-17(27)6-4-15/h3-10,13-14,27H,11-12H2,1-2H3,(H,21,23,24,25)/t13-,14+. The Bertz CT molecular complexity index is 939. The van der Waals surface area contributed by atoms with Crippen molar-refractivity contribution in [2.75, 3.05) is 23.3 Å². The van der Waals surface area contributed by atoms with Crippen LogP contribution in [0.1, 0.15) is 13.8 Å². The summed E-state index contributed by atoms with van der Waals surface area (Å²) < 4.78 is 5.78. The molecule has 3 heterocycles. The first-order chi connectivity index (χ1) is 13.6. The lowest BCUT2D eigenvalue weighted by atomic mass is 10.1. The second-order valence-electron chi connectivity index (χ2n) is 6.91. The van der Waals surface area contributed by atoms with Gasteiger partial charge in [0.25, 0.3) is 0 Å². The average Bonchev–Trinajstić information content (AvgIpc) is 2.68. The summed E-state index contributed by atoms with van der Waals surface area (Å²) in [5.41, 5.74) is 1.83. The third-order valence-electron chi connectivity index (χ3n) is 4.46. The number of benzene rings is 1. The predicted molar refractivity (Wildman–Crippen MR) is 107 cm³/mol. The Hall–Kier alpha value is -3.26. The molecule has 3 aromatic rings. The molecule has 0 radical (unpaired) electrons. The molecule has 0 aliphatic carbocycles. The van der Waals surface area contributed by atoms with Gasteiger partial charge in [-0.05, 0) is 43.7 Å². The van der Waals surface area contributed by atoms with E-state index < -0.39 is 0 Å². The lowest BCUT2D eigenvalue weighted by Crippen LogP contribution is -2.46. The van der Waals surface area contributed by atoms with E-state index in [0.29, 0.717) is 17.6 Å². The number of nitrogens with one attached hydrogen (secondary N) is 1. The van der Waals surface area contributed by atoms with Crippen LogP contribution in [0.15, 0.2) is 48.8 Å². The normalized spacial score (nSPS) is 19.4. The van der Waals surface area contributed by atoms with Crippen LogP contribution in [0.2, 0.25) is 0 Å². The summed E-state index contributed by atoms with van der Waals surface area (Å²) in [7, 11) is 0. The van der Waals surface area contributed by atoms with Crippen molar-refractivity contribution < 1.29 is 9.84 Å². The summed E-state index contributed by atoms with van der Waals surface area (Å²) in [5.74, 6) is 2.12. The SMILES string of the molecule is C[C@@H]1CN(c2nccc(Nc3cc(-c4ccc(O)cc4)cnn3)n2)C[C@H](C)O1. The Morgan fingerprint density at radius 3 is 2.54 bits per heavy atom. The van der Waals surface area contributed by atoms with E-state index in [2.05, 4.69) is 44.2 Å². The van der Waals surface area contributed by atoms with Crippen molar-refractivity contribution in [2.45, 2.75) is 26.1 Å². The van der Waals surface area contributed by atoms with Crippen molar-refractivity contribution in [1.29, 1.82) is 0 Å². The largest absolute Gasteiger partial charge is 0.508 e. The maximum atomic E-state index is 9.45. The molecule has 0 saturated carbocycles. The van der Waals surface area contributed by atoms with Crippen LogP contribution in [0.5, 0.6) is 5.75 Å². The molecule has 2 atom stereocenters. The number of hydrogen-bond donors (Lipinski definition) is 2. The van der Waals surface area contributed by atoms with Gasteiger partial charge in [-0.3, -0.25) is 0 Å². The number of aromatic nitrogens is 4. The quantitative estimate of drug-likeness (QED) is 0.715. The van der Waals surface area contributed by atoms with Gasteiger partial charge in [-0.2, -0.15) is 10.1 Å². The fraction of sp³-hybridized carbons (Fsp3) is 0.300. The highest BCUT2D eigenvalue weighted by molar-refractivity contribution is 5.67. The van der Waals surface area contributed by atoms with Crippen molar-refractivity contribution in [2.24, 2.45) is 0 Å². The van der Waals surface area contributed by atoms with Gasteiger partial charge in [0.15, 0.2) is 5.82 Å². The molecule has 2 aromatic heterocycles. The molecule has 1 aliphatic rings. The number of phenols is 1. The van der Waals surface area contributed by atoms with Crippen molar-refractivity contribution in [3.05, 3.63) is 48.8 Å². The molecule has 8 heteroatoms. The van der Waals surface area contributed by atoms with Gasteiger partial charge >= 0.3 is 0 Å². The van der Waals surface area contributed by atoms with Gasteiger partial charge in [-0.1, -0.05) is 12.1 Å². The monoisotopic (exact) mass is 378 g/mol. The Labute approximate surface area is 163 Å². The van der Waals surface area contributed by atoms with Crippen LogP contribution in [0.25, 0.3) is 11.1 Å². The van der Waals surface area contributed by atoms with E-state index in [1.807, 2.05) is 18.2 Å². The third-order valence-corrected chi connectivity index (χ3v) is 4.46. The molecular formula is C20H22N6O2. The summed E-state index contributed by atoms with van der Waals surface area (Å²) in [4.78, 5) is 11.2. The van der Waals surface area contributed by atoms with E-state index in [1.165, 1.54) is 0 Å². The second kappa shape index (κ2) is 7.77. The average molecular weight is 378 g/mol. The minimum atomic E-state index is 0.136. The molecule has 1 aromatic carbocycles. The number of nitrogens with zero attached hydrogens (tertiary/aromatic N) is 5. The van der Waals surface area contributed by atoms with Gasteiger partial charge in [0.1, 0.15) is 11.6 Å². The van der Waals surface area contributed by atoms with Gasteiger partial charge < -0.3 is 20.1 Å². The highest BCUT2D eigenvalue weighted by Gasteiger charge is 2.24. The van der Waals surface area contributed by atoms with Crippen molar-refractivity contribution in [1.82, 2.24) is 20.2 Å². The summed E-state index contributed by atoms with van der Waals surface area (Å²) in [6.45, 7) is 5.61. The first-order valence-corrected chi connectivity index (χ1v) is 9.19. The topological polar surface area (TPSA) is 96.3 Å². The number of hydrogen-bond acceptors (Lipinski definition) is 8. The molecule has 8 nitrogen and oxygen atoms in total. The fourth-order valence-electron chi connectivity index (χ4n) is 3.28. The van der Waals surface area contributed by atoms with E-state index >= 15 is 0 Å². The smallest absolute Gasteiger partial charge is 0.227 e. The van der Waals surface area contributed by atoms with Crippen molar-refractivity contribution in [3.8, 4) is 16.9 Å². The molecule has 28 heavy (non-hydrogen) atoms. The number of aromatic hydroxyl groups is 1. The number of rotatable bonds is 4. The molecule has 1 fully saturated rings. The molecular weight excluding hydrogens is 356 g/mol. The van der Waals surface area contributed by atoms with Crippen LogP contribution < -0.4 is 10.2 Å². The Kier molecular flexibility index (Phi) is 5.03. The number of phenolic OH excluding ortho intramolecular Hbond substituents is 1. The number of morpholine rings is 1. The first kappa shape index (κ1) is 18.1. The Morgan fingerprint density at radius 1 is 1.04 bits per heavy atom. The van der Waals surface area contributed by atoms with Crippen LogP contribution in [-0.2, 0) is 4.74 Å². The number of ether oxygens (including phenoxy) is 1. The lowest BCUT2D eigenvalue weighted by molar-refractivity contribution is -0.00571. The van der Waals surface area contributed by atoms with E-state index in [9.17, 15) is 5.11 Å². The summed E-state index contributed by atoms with van der Waals surface area (Å²) in [6.07, 6.45) is 3.68. The predicted octanol–water partition coefficient (Wildman–Crippen LogP) is 3.00. The van der Waals surface area contributed by atoms with Crippen molar-refractivity contribution >= 4 is 17.6 Å². The van der Waals surface area contributed by atoms with E-state index in [-0.39, 0.29) is 18.0 Å². The molecule has 0 unspecified atom stereocenters. The van der Waals surface area contributed by atoms with E-state index in [1.54, 1.807) is 30.6 Å². The second-order valence-corrected chi connectivity index (χ2v) is 6.91. The molecule has 0 bridgehead atoms. The molecule has 0 amide bonds. The van der Waals surface area contributed by atoms with Crippen LogP contribution in [0.3, 0.4) is 0 Å². The highest BCUT2D eigenvalue weighted by Crippen LogP contribution is 2.24. The zero-order chi connectivity index (χ0) is 19.5. The van der Waals surface area contributed by atoms with Crippen LogP contribution in [0, 0.1) is 0 Å². The van der Waals surface area contributed by atoms with Gasteiger partial charge in [-0.15, -0.1) is 5.10 Å². The first-order valence-electron chi connectivity index (χ1n) is 9.19. The fourth-order valence-corrected chi connectivity index (χ4v) is 3.28. The third kappa shape index (κ3) is 4.17. The Morgan fingerprint density at radius 2 is 1.79 bits per heavy atom. The van der Waals surface area contributed by atoms with Gasteiger partial charge in [0.2, 0.25) is 5.95 Å². The maximum absolute atomic E-state index is 9.45. The molecule has 144 valence electrons. The van der Waals surface area contributed by atoms with Crippen molar-refractivity contribution in [3.63, 3.8) is 0 Å². The molecule has 1 aliphatic heterocycles. The van der Waals surface area contributed by atoms with Gasteiger partial charge in [-0.25, -0.2) is 4.98 Å². The molecule has 0 spiro atoms. The summed E-state index contributed by atoms with van der Waals surface area (Å²) in [6, 6.07) is 10.6. The minimum Gasteiger partial charge on any atom is -0.508 e. The summed E-state index contributed by atoms with van der Waals surface area (Å²) in [5, 5.41) is 20.9. The van der Waals surface area contributed by atoms with E-state index in [4.69, 9.17) is 4.74 Å². The molecule has 2 N–H and O–H groups in total. The van der Waals surface area contributed by atoms with Crippen LogP contribution in [0.4, 0.5) is 17.6 Å². The Balaban J connectivity index is 1.53. The number of anilines is 3. The zero-order valence-corrected chi connectivity index (χ0v) is 15.8. The molecule has 1 saturated heterocycles. The van der Waals surface area contributed by atoms with Crippen LogP contribution >= 0.6 is 0 Å².